The molecule has 2 nitrogen and oxygen atoms in total. The van der Waals surface area contributed by atoms with Crippen molar-refractivity contribution in [3.63, 3.8) is 0 Å². The highest BCUT2D eigenvalue weighted by molar-refractivity contribution is 9.10. The molecule has 0 saturated heterocycles. The van der Waals surface area contributed by atoms with E-state index in [1.54, 1.807) is 19.1 Å². The molecule has 0 saturated carbocycles. The highest BCUT2D eigenvalue weighted by atomic mass is 79.9. The molecule has 19 heavy (non-hydrogen) atoms. The monoisotopic (exact) mass is 330 g/mol. The Morgan fingerprint density at radius 2 is 1.63 bits per heavy atom. The third kappa shape index (κ3) is 2.84. The summed E-state index contributed by atoms with van der Waals surface area (Å²) in [6.07, 6.45) is 0. The Balaban J connectivity index is 2.39. The number of hydrogen-bond acceptors (Lipinski definition) is 2. The fraction of sp³-hybridized carbons (Fsp3) is 0.0769. The number of benzene rings is 2. The molecule has 0 aliphatic rings. The van der Waals surface area contributed by atoms with Crippen LogP contribution in [0.1, 0.15) is 5.56 Å². The average Bonchev–Trinajstić information content (AvgIpc) is 2.33. The zero-order valence-electron chi connectivity index (χ0n) is 9.90. The smallest absolute Gasteiger partial charge is 0.194 e. The zero-order chi connectivity index (χ0) is 14.2. The van der Waals surface area contributed by atoms with Crippen LogP contribution >= 0.6 is 15.9 Å². The first-order valence-electron chi connectivity index (χ1n) is 5.35. The van der Waals surface area contributed by atoms with Crippen molar-refractivity contribution in [2.75, 3.05) is 11.1 Å². The predicted molar refractivity (Wildman–Crippen MR) is 72.9 cm³/mol. The van der Waals surface area contributed by atoms with E-state index in [0.29, 0.717) is 15.8 Å². The maximum absolute atomic E-state index is 13.1. The van der Waals surface area contributed by atoms with Crippen LogP contribution in [-0.2, 0) is 0 Å². The summed E-state index contributed by atoms with van der Waals surface area (Å²) in [6.45, 7) is 1.80. The van der Waals surface area contributed by atoms with Gasteiger partial charge in [-0.25, -0.2) is 13.2 Å². The lowest BCUT2D eigenvalue weighted by atomic mass is 10.1. The Morgan fingerprint density at radius 1 is 1.05 bits per heavy atom. The van der Waals surface area contributed by atoms with Gasteiger partial charge in [-0.3, -0.25) is 0 Å². The molecule has 0 heterocycles. The number of nitrogens with two attached hydrogens (primary N) is 1. The van der Waals surface area contributed by atoms with Crippen molar-refractivity contribution >= 4 is 33.0 Å². The normalized spacial score (nSPS) is 10.6. The second kappa shape index (κ2) is 5.13. The first kappa shape index (κ1) is 13.7. The molecule has 0 aliphatic carbocycles. The van der Waals surface area contributed by atoms with Crippen molar-refractivity contribution in [2.24, 2.45) is 0 Å². The lowest BCUT2D eigenvalue weighted by molar-refractivity contribution is 0.448. The minimum atomic E-state index is -1.49. The number of rotatable bonds is 2. The molecule has 2 aromatic carbocycles. The van der Waals surface area contributed by atoms with E-state index >= 15 is 0 Å². The van der Waals surface area contributed by atoms with Gasteiger partial charge >= 0.3 is 0 Å². The first-order valence-corrected chi connectivity index (χ1v) is 6.15. The zero-order valence-corrected chi connectivity index (χ0v) is 11.5. The summed E-state index contributed by atoms with van der Waals surface area (Å²) < 4.78 is 39.7. The highest BCUT2D eigenvalue weighted by Gasteiger charge is 2.11. The van der Waals surface area contributed by atoms with E-state index in [1.807, 2.05) is 0 Å². The molecule has 0 bridgehead atoms. The van der Waals surface area contributed by atoms with Gasteiger partial charge in [0.25, 0.3) is 0 Å². The SMILES string of the molecule is Cc1cc(Nc2cc(F)c(F)c(F)c2)c(Br)cc1N. The van der Waals surface area contributed by atoms with Gasteiger partial charge < -0.3 is 11.1 Å². The second-order valence-electron chi connectivity index (χ2n) is 4.07. The van der Waals surface area contributed by atoms with Gasteiger partial charge in [0.1, 0.15) is 0 Å². The average molecular weight is 331 g/mol. The van der Waals surface area contributed by atoms with E-state index in [0.717, 1.165) is 17.7 Å². The number of anilines is 3. The maximum atomic E-state index is 13.1. The maximum Gasteiger partial charge on any atom is 0.194 e. The highest BCUT2D eigenvalue weighted by Crippen LogP contribution is 2.31. The minimum Gasteiger partial charge on any atom is -0.398 e. The second-order valence-corrected chi connectivity index (χ2v) is 4.92. The summed E-state index contributed by atoms with van der Waals surface area (Å²) in [6, 6.07) is 5.17. The van der Waals surface area contributed by atoms with Gasteiger partial charge in [0.05, 0.1) is 5.69 Å². The Hall–Kier alpha value is -1.69. The van der Waals surface area contributed by atoms with E-state index in [1.165, 1.54) is 0 Å². The van der Waals surface area contributed by atoms with Crippen LogP contribution in [-0.4, -0.2) is 0 Å². The lowest BCUT2D eigenvalue weighted by Crippen LogP contribution is -1.98. The van der Waals surface area contributed by atoms with E-state index in [2.05, 4.69) is 21.2 Å². The van der Waals surface area contributed by atoms with E-state index < -0.39 is 17.5 Å². The summed E-state index contributed by atoms with van der Waals surface area (Å²) in [5.41, 5.74) is 7.82. The van der Waals surface area contributed by atoms with Gasteiger partial charge in [-0.2, -0.15) is 0 Å². The molecule has 0 fully saturated rings. The third-order valence-electron chi connectivity index (χ3n) is 2.62. The molecule has 0 aliphatic heterocycles. The van der Waals surface area contributed by atoms with E-state index in [-0.39, 0.29) is 5.69 Å². The van der Waals surface area contributed by atoms with Gasteiger partial charge in [-0.05, 0) is 40.5 Å². The summed E-state index contributed by atoms with van der Waals surface area (Å²) in [5.74, 6) is -3.98. The predicted octanol–water partition coefficient (Wildman–Crippen LogP) is 4.50. The van der Waals surface area contributed by atoms with Crippen LogP contribution < -0.4 is 11.1 Å². The third-order valence-corrected chi connectivity index (χ3v) is 3.27. The molecule has 0 amide bonds. The standard InChI is InChI=1S/C13H10BrF3N2/c1-6-2-12(8(14)5-11(6)18)19-7-3-9(15)13(17)10(16)4-7/h2-5,19H,18H2,1H3. The van der Waals surface area contributed by atoms with Gasteiger partial charge in [0, 0.05) is 28.0 Å². The van der Waals surface area contributed by atoms with Crippen molar-refractivity contribution < 1.29 is 13.2 Å². The molecule has 0 atom stereocenters. The van der Waals surface area contributed by atoms with Crippen LogP contribution in [0.5, 0.6) is 0 Å². The first-order chi connectivity index (χ1) is 8.88. The van der Waals surface area contributed by atoms with Crippen molar-refractivity contribution in [1.82, 2.24) is 0 Å². The largest absolute Gasteiger partial charge is 0.398 e. The number of nitrogen functional groups attached to an aromatic ring is 1. The Kier molecular flexibility index (Phi) is 3.71. The molecule has 2 rings (SSSR count). The molecular formula is C13H10BrF3N2. The summed E-state index contributed by atoms with van der Waals surface area (Å²) in [5, 5.41) is 2.80. The van der Waals surface area contributed by atoms with Crippen LogP contribution in [0.3, 0.4) is 0 Å². The quantitative estimate of drug-likeness (QED) is 0.628. The van der Waals surface area contributed by atoms with E-state index in [9.17, 15) is 13.2 Å². The van der Waals surface area contributed by atoms with Gasteiger partial charge in [-0.15, -0.1) is 0 Å². The van der Waals surface area contributed by atoms with Gasteiger partial charge in [-0.1, -0.05) is 0 Å². The van der Waals surface area contributed by atoms with Crippen LogP contribution in [0.15, 0.2) is 28.7 Å². The molecule has 6 heteroatoms. The number of hydrogen-bond donors (Lipinski definition) is 2. The van der Waals surface area contributed by atoms with Crippen LogP contribution in [0.25, 0.3) is 0 Å². The summed E-state index contributed by atoms with van der Waals surface area (Å²) >= 11 is 3.29. The molecule has 100 valence electrons. The topological polar surface area (TPSA) is 38.0 Å². The Morgan fingerprint density at radius 3 is 2.21 bits per heavy atom. The van der Waals surface area contributed by atoms with Crippen LogP contribution in [0, 0.1) is 24.4 Å². The lowest BCUT2D eigenvalue weighted by Gasteiger charge is -2.11. The van der Waals surface area contributed by atoms with Crippen molar-refractivity contribution in [3.05, 3.63) is 51.8 Å². The minimum absolute atomic E-state index is 0.112. The van der Waals surface area contributed by atoms with Crippen LogP contribution in [0.4, 0.5) is 30.2 Å². The molecule has 0 aromatic heterocycles. The van der Waals surface area contributed by atoms with Gasteiger partial charge in [0.2, 0.25) is 0 Å². The number of halogens is 4. The van der Waals surface area contributed by atoms with Crippen molar-refractivity contribution in [3.8, 4) is 0 Å². The molecule has 0 spiro atoms. The Bertz CT molecular complexity index is 621. The fourth-order valence-corrected chi connectivity index (χ4v) is 2.04. The van der Waals surface area contributed by atoms with Crippen molar-refractivity contribution in [1.29, 1.82) is 0 Å². The Labute approximate surface area is 116 Å². The molecule has 0 radical (unpaired) electrons. The summed E-state index contributed by atoms with van der Waals surface area (Å²) in [7, 11) is 0. The van der Waals surface area contributed by atoms with Crippen molar-refractivity contribution in [2.45, 2.75) is 6.92 Å². The van der Waals surface area contributed by atoms with Crippen LogP contribution in [0.2, 0.25) is 0 Å². The summed E-state index contributed by atoms with van der Waals surface area (Å²) in [4.78, 5) is 0. The van der Waals surface area contributed by atoms with Gasteiger partial charge in [0.15, 0.2) is 17.5 Å². The molecule has 3 N–H and O–H groups in total. The molecule has 2 aromatic rings. The molecule has 0 unspecified atom stereocenters. The molecular weight excluding hydrogens is 321 g/mol. The fourth-order valence-electron chi connectivity index (χ4n) is 1.58. The number of nitrogens with one attached hydrogen (secondary N) is 1. The van der Waals surface area contributed by atoms with E-state index in [4.69, 9.17) is 5.73 Å². The number of aryl methyl sites for hydroxylation is 1.